The van der Waals surface area contributed by atoms with Crippen LogP contribution < -0.4 is 10.6 Å². The molecule has 28 heavy (non-hydrogen) atoms. The van der Waals surface area contributed by atoms with E-state index in [0.717, 1.165) is 36.3 Å². The normalized spacial score (nSPS) is 16.8. The summed E-state index contributed by atoms with van der Waals surface area (Å²) in [6.45, 7) is 7.30. The maximum absolute atomic E-state index is 12.1. The summed E-state index contributed by atoms with van der Waals surface area (Å²) < 4.78 is 25.9. The van der Waals surface area contributed by atoms with Gasteiger partial charge in [-0.05, 0) is 56.9 Å². The third-order valence-corrected chi connectivity index (χ3v) is 8.21. The van der Waals surface area contributed by atoms with Crippen molar-refractivity contribution in [2.45, 2.75) is 36.9 Å². The highest BCUT2D eigenvalue weighted by Gasteiger charge is 2.19. The summed E-state index contributed by atoms with van der Waals surface area (Å²) in [4.78, 5) is 7.74. The van der Waals surface area contributed by atoms with E-state index < -0.39 is 10.0 Å². The smallest absolute Gasteiger partial charge is 0.252 e. The molecule has 1 fully saturated rings. The van der Waals surface area contributed by atoms with Crippen molar-refractivity contribution in [1.82, 2.24) is 19.8 Å². The Morgan fingerprint density at radius 2 is 1.96 bits per heavy atom. The van der Waals surface area contributed by atoms with E-state index in [2.05, 4.69) is 27.4 Å². The molecule has 0 bridgehead atoms. The first kappa shape index (κ1) is 25.6. The third kappa shape index (κ3) is 7.77. The number of nitrogens with one attached hydrogen (secondary N) is 2. The molecule has 0 spiro atoms. The van der Waals surface area contributed by atoms with Gasteiger partial charge in [-0.1, -0.05) is 6.92 Å². The summed E-state index contributed by atoms with van der Waals surface area (Å²) in [7, 11) is 1.48. The number of rotatable bonds is 8. The first-order valence-electron chi connectivity index (χ1n) is 9.51. The number of sulfonamides is 1. The minimum Gasteiger partial charge on any atom is -0.356 e. The maximum Gasteiger partial charge on any atom is 0.252 e. The summed E-state index contributed by atoms with van der Waals surface area (Å²) in [5, 5.41) is 6.58. The number of piperidine rings is 1. The number of hydrogen-bond donors (Lipinski definition) is 2. The molecule has 2 rings (SSSR count). The van der Waals surface area contributed by atoms with Crippen LogP contribution in [0.3, 0.4) is 0 Å². The molecule has 0 atom stereocenters. The lowest BCUT2D eigenvalue weighted by Crippen LogP contribution is -2.39. The van der Waals surface area contributed by atoms with Crippen LogP contribution in [0.5, 0.6) is 0 Å². The van der Waals surface area contributed by atoms with Crippen LogP contribution in [0.2, 0.25) is 0 Å². The lowest BCUT2D eigenvalue weighted by atomic mass is 9.99. The van der Waals surface area contributed by atoms with Crippen LogP contribution in [0.4, 0.5) is 0 Å². The Morgan fingerprint density at radius 3 is 2.57 bits per heavy atom. The molecule has 162 valence electrons. The SMILES string of the molecule is CN=C(NCCCN1CCC(C)CC1)NCc1ccc(S(=O)(=O)N(C)C)s1.I. The molecular formula is C18H34IN5O2S2. The van der Waals surface area contributed by atoms with E-state index in [0.29, 0.717) is 10.8 Å². The average molecular weight is 544 g/mol. The Labute approximate surface area is 191 Å². The topological polar surface area (TPSA) is 77.0 Å². The first-order chi connectivity index (χ1) is 12.8. The first-order valence-corrected chi connectivity index (χ1v) is 11.8. The van der Waals surface area contributed by atoms with Gasteiger partial charge in [0.25, 0.3) is 10.0 Å². The van der Waals surface area contributed by atoms with E-state index in [4.69, 9.17) is 0 Å². The zero-order valence-electron chi connectivity index (χ0n) is 17.3. The van der Waals surface area contributed by atoms with Crippen LogP contribution in [0.1, 0.15) is 31.1 Å². The van der Waals surface area contributed by atoms with Gasteiger partial charge >= 0.3 is 0 Å². The minimum absolute atomic E-state index is 0. The van der Waals surface area contributed by atoms with Gasteiger partial charge in [-0.15, -0.1) is 35.3 Å². The summed E-state index contributed by atoms with van der Waals surface area (Å²) in [5.41, 5.74) is 0. The summed E-state index contributed by atoms with van der Waals surface area (Å²) in [6, 6.07) is 3.51. The molecule has 0 aromatic carbocycles. The van der Waals surface area contributed by atoms with E-state index in [9.17, 15) is 8.42 Å². The van der Waals surface area contributed by atoms with Gasteiger partial charge in [0.05, 0.1) is 6.54 Å². The fourth-order valence-corrected chi connectivity index (χ4v) is 5.42. The lowest BCUT2D eigenvalue weighted by molar-refractivity contribution is 0.191. The Balaban J connectivity index is 0.00000392. The fourth-order valence-electron chi connectivity index (χ4n) is 2.96. The molecule has 1 aliphatic rings. The van der Waals surface area contributed by atoms with Gasteiger partial charge in [-0.3, -0.25) is 4.99 Å². The maximum atomic E-state index is 12.1. The van der Waals surface area contributed by atoms with Crippen LogP contribution in [0.15, 0.2) is 21.3 Å². The molecule has 0 radical (unpaired) electrons. The Bertz CT molecular complexity index is 713. The lowest BCUT2D eigenvalue weighted by Gasteiger charge is -2.30. The van der Waals surface area contributed by atoms with E-state index in [1.807, 2.05) is 6.07 Å². The van der Waals surface area contributed by atoms with Crippen molar-refractivity contribution in [1.29, 1.82) is 0 Å². The predicted molar refractivity (Wildman–Crippen MR) is 128 cm³/mol. The van der Waals surface area contributed by atoms with E-state index in [1.54, 1.807) is 27.2 Å². The minimum atomic E-state index is -3.36. The van der Waals surface area contributed by atoms with Crippen molar-refractivity contribution in [2.24, 2.45) is 10.9 Å². The summed E-state index contributed by atoms with van der Waals surface area (Å²) in [6.07, 6.45) is 3.70. The predicted octanol–water partition coefficient (Wildman–Crippen LogP) is 2.40. The zero-order chi connectivity index (χ0) is 19.9. The molecule has 1 aromatic rings. The van der Waals surface area contributed by atoms with Gasteiger partial charge < -0.3 is 15.5 Å². The molecule has 7 nitrogen and oxygen atoms in total. The second kappa shape index (κ2) is 12.3. The van der Waals surface area contributed by atoms with Crippen molar-refractivity contribution in [3.8, 4) is 0 Å². The average Bonchev–Trinajstić information content (AvgIpc) is 3.12. The number of likely N-dealkylation sites (tertiary alicyclic amines) is 1. The van der Waals surface area contributed by atoms with Gasteiger partial charge in [0.15, 0.2) is 5.96 Å². The highest BCUT2D eigenvalue weighted by atomic mass is 127. The fraction of sp³-hybridized carbons (Fsp3) is 0.722. The van der Waals surface area contributed by atoms with Gasteiger partial charge in [-0.2, -0.15) is 0 Å². The molecular weight excluding hydrogens is 509 g/mol. The highest BCUT2D eigenvalue weighted by molar-refractivity contribution is 14.0. The number of nitrogens with zero attached hydrogens (tertiary/aromatic N) is 3. The second-order valence-electron chi connectivity index (χ2n) is 7.24. The van der Waals surface area contributed by atoms with Crippen LogP contribution in [0, 0.1) is 5.92 Å². The largest absolute Gasteiger partial charge is 0.356 e. The number of aliphatic imine (C=N–C) groups is 1. The molecule has 10 heteroatoms. The van der Waals surface area contributed by atoms with Crippen LogP contribution in [-0.2, 0) is 16.6 Å². The van der Waals surface area contributed by atoms with Gasteiger partial charge in [0.1, 0.15) is 4.21 Å². The quantitative estimate of drug-likeness (QED) is 0.228. The highest BCUT2D eigenvalue weighted by Crippen LogP contribution is 2.23. The Morgan fingerprint density at radius 1 is 1.29 bits per heavy atom. The number of halogens is 1. The van der Waals surface area contributed by atoms with Crippen molar-refractivity contribution in [3.63, 3.8) is 0 Å². The van der Waals surface area contributed by atoms with E-state index in [1.165, 1.54) is 41.6 Å². The Hall–Kier alpha value is -0.430. The van der Waals surface area contributed by atoms with Gasteiger partial charge in [-0.25, -0.2) is 12.7 Å². The summed E-state index contributed by atoms with van der Waals surface area (Å²) >= 11 is 1.29. The van der Waals surface area contributed by atoms with Gasteiger partial charge in [0.2, 0.25) is 0 Å². The molecule has 2 N–H and O–H groups in total. The molecule has 0 aliphatic carbocycles. The van der Waals surface area contributed by atoms with Crippen molar-refractivity contribution in [3.05, 3.63) is 17.0 Å². The molecule has 0 saturated carbocycles. The standard InChI is InChI=1S/C18H33N5O2S2.HI/c1-15-8-12-23(13-9-15)11-5-10-20-18(19-2)21-14-16-6-7-17(26-16)27(24,25)22(3)4;/h6-7,15H,5,8-14H2,1-4H3,(H2,19,20,21);1H. The number of thiophene rings is 1. The molecule has 0 amide bonds. The monoisotopic (exact) mass is 543 g/mol. The molecule has 1 aromatic heterocycles. The number of hydrogen-bond acceptors (Lipinski definition) is 5. The number of guanidine groups is 1. The van der Waals surface area contributed by atoms with Crippen molar-refractivity contribution >= 4 is 51.3 Å². The zero-order valence-corrected chi connectivity index (χ0v) is 21.2. The van der Waals surface area contributed by atoms with Crippen LogP contribution >= 0.6 is 35.3 Å². The second-order valence-corrected chi connectivity index (χ2v) is 10.8. The Kier molecular flexibility index (Phi) is 11.3. The molecule has 0 unspecified atom stereocenters. The van der Waals surface area contributed by atoms with Gasteiger partial charge in [0, 0.05) is 32.6 Å². The van der Waals surface area contributed by atoms with Crippen molar-refractivity contribution < 1.29 is 8.42 Å². The summed E-state index contributed by atoms with van der Waals surface area (Å²) in [5.74, 6) is 1.61. The van der Waals surface area contributed by atoms with Crippen LogP contribution in [0.25, 0.3) is 0 Å². The molecule has 1 saturated heterocycles. The van der Waals surface area contributed by atoms with E-state index in [-0.39, 0.29) is 24.0 Å². The van der Waals surface area contributed by atoms with Crippen LogP contribution in [-0.4, -0.2) is 70.9 Å². The molecule has 1 aliphatic heterocycles. The molecule has 2 heterocycles. The third-order valence-electron chi connectivity index (χ3n) is 4.85. The van der Waals surface area contributed by atoms with Crippen molar-refractivity contribution in [2.75, 3.05) is 47.3 Å². The van der Waals surface area contributed by atoms with E-state index >= 15 is 0 Å².